The summed E-state index contributed by atoms with van der Waals surface area (Å²) in [5, 5.41) is 9.07. The van der Waals surface area contributed by atoms with Crippen LogP contribution < -0.4 is 0 Å². The molecule has 1 N–H and O–H groups in total. The van der Waals surface area contributed by atoms with Crippen molar-refractivity contribution < 1.29 is 27.8 Å². The monoisotopic (exact) mass is 398 g/mol. The quantitative estimate of drug-likeness (QED) is 0.847. The van der Waals surface area contributed by atoms with Crippen LogP contribution >= 0.6 is 0 Å². The maximum absolute atomic E-state index is 13.0. The summed E-state index contributed by atoms with van der Waals surface area (Å²) in [4.78, 5) is 18.5. The fourth-order valence-electron chi connectivity index (χ4n) is 4.82. The van der Waals surface area contributed by atoms with E-state index in [-0.39, 0.29) is 17.9 Å². The molecular formula is C20H25F3N2O3. The lowest BCUT2D eigenvalue weighted by Crippen LogP contribution is -2.47. The van der Waals surface area contributed by atoms with Crippen LogP contribution in [0.25, 0.3) is 0 Å². The molecule has 0 radical (unpaired) electrons. The van der Waals surface area contributed by atoms with E-state index in [2.05, 4.69) is 4.98 Å². The van der Waals surface area contributed by atoms with Gasteiger partial charge >= 0.3 is 6.18 Å². The van der Waals surface area contributed by atoms with Gasteiger partial charge in [0.15, 0.2) is 0 Å². The number of carbonyl (C=O) groups excluding carboxylic acids is 1. The topological polar surface area (TPSA) is 62.7 Å². The molecule has 154 valence electrons. The first-order chi connectivity index (χ1) is 13.3. The van der Waals surface area contributed by atoms with E-state index in [4.69, 9.17) is 9.84 Å². The van der Waals surface area contributed by atoms with E-state index < -0.39 is 30.5 Å². The number of piperidine rings is 1. The zero-order valence-electron chi connectivity index (χ0n) is 15.6. The van der Waals surface area contributed by atoms with Gasteiger partial charge in [-0.15, -0.1) is 0 Å². The molecule has 3 heterocycles. The van der Waals surface area contributed by atoms with Crippen LogP contribution in [0.15, 0.2) is 24.5 Å². The Morgan fingerprint density at radius 3 is 2.75 bits per heavy atom. The Balaban J connectivity index is 1.31. The number of amides is 1. The van der Waals surface area contributed by atoms with Crippen molar-refractivity contribution in [3.05, 3.63) is 30.1 Å². The first-order valence-corrected chi connectivity index (χ1v) is 9.83. The van der Waals surface area contributed by atoms with Gasteiger partial charge in [-0.1, -0.05) is 6.07 Å². The van der Waals surface area contributed by atoms with Crippen LogP contribution in [0.2, 0.25) is 0 Å². The van der Waals surface area contributed by atoms with Crippen molar-refractivity contribution in [1.82, 2.24) is 9.88 Å². The van der Waals surface area contributed by atoms with E-state index in [9.17, 15) is 18.0 Å². The number of hydrogen-bond acceptors (Lipinski definition) is 4. The normalized spacial score (nSPS) is 30.4. The van der Waals surface area contributed by atoms with Crippen molar-refractivity contribution in [3.63, 3.8) is 0 Å². The van der Waals surface area contributed by atoms with Gasteiger partial charge in [-0.2, -0.15) is 13.2 Å². The molecule has 1 amide bonds. The number of hydrogen-bond donors (Lipinski definition) is 1. The Morgan fingerprint density at radius 1 is 1.39 bits per heavy atom. The highest BCUT2D eigenvalue weighted by Crippen LogP contribution is 2.51. The molecule has 4 atom stereocenters. The Hall–Kier alpha value is -1.67. The molecule has 28 heavy (non-hydrogen) atoms. The van der Waals surface area contributed by atoms with Crippen molar-refractivity contribution in [2.24, 2.45) is 17.8 Å². The average molecular weight is 398 g/mol. The summed E-state index contributed by atoms with van der Waals surface area (Å²) >= 11 is 0. The standard InChI is InChI=1S/C20H25F3N2O3/c21-20(22,23)17(11-26)15-8-16(15)18(27)25-6-3-19(4-7-25)9-14(12-28-19)13-2-1-5-24-10-13/h1-2,5,10,14-17,26H,3-4,6-9,11-12H2. The Morgan fingerprint density at radius 2 is 2.14 bits per heavy atom. The fourth-order valence-corrected chi connectivity index (χ4v) is 4.82. The molecule has 0 bridgehead atoms. The van der Waals surface area contributed by atoms with Crippen LogP contribution in [0.5, 0.6) is 0 Å². The van der Waals surface area contributed by atoms with Gasteiger partial charge < -0.3 is 14.7 Å². The molecule has 1 spiro atoms. The summed E-state index contributed by atoms with van der Waals surface area (Å²) in [5.74, 6) is -3.10. The lowest BCUT2D eigenvalue weighted by molar-refractivity contribution is -0.191. The first-order valence-electron chi connectivity index (χ1n) is 9.83. The molecule has 3 fully saturated rings. The number of likely N-dealkylation sites (tertiary alicyclic amines) is 1. The van der Waals surface area contributed by atoms with Gasteiger partial charge in [0.1, 0.15) is 0 Å². The van der Waals surface area contributed by atoms with Crippen LogP contribution in [0.1, 0.15) is 37.2 Å². The average Bonchev–Trinajstić information content (AvgIpc) is 3.35. The molecule has 0 aromatic carbocycles. The van der Waals surface area contributed by atoms with Gasteiger partial charge in [0.25, 0.3) is 0 Å². The fraction of sp³-hybridized carbons (Fsp3) is 0.700. The van der Waals surface area contributed by atoms with E-state index in [0.29, 0.717) is 38.5 Å². The summed E-state index contributed by atoms with van der Waals surface area (Å²) in [7, 11) is 0. The van der Waals surface area contributed by atoms with Crippen LogP contribution in [0, 0.1) is 17.8 Å². The molecule has 1 saturated carbocycles. The molecule has 1 aromatic heterocycles. The maximum atomic E-state index is 13.0. The zero-order valence-corrected chi connectivity index (χ0v) is 15.6. The highest BCUT2D eigenvalue weighted by molar-refractivity contribution is 5.82. The molecule has 5 nitrogen and oxygen atoms in total. The smallest absolute Gasteiger partial charge is 0.394 e. The van der Waals surface area contributed by atoms with E-state index in [1.165, 1.54) is 0 Å². The van der Waals surface area contributed by atoms with Gasteiger partial charge in [-0.25, -0.2) is 0 Å². The number of carbonyl (C=O) groups is 1. The van der Waals surface area contributed by atoms with Crippen LogP contribution in [-0.4, -0.2) is 59.0 Å². The number of rotatable bonds is 4. The van der Waals surface area contributed by atoms with E-state index in [1.807, 2.05) is 18.3 Å². The number of halogens is 3. The number of nitrogens with zero attached hydrogens (tertiary/aromatic N) is 2. The number of alkyl halides is 3. The molecule has 2 saturated heterocycles. The molecular weight excluding hydrogens is 373 g/mol. The highest BCUT2D eigenvalue weighted by atomic mass is 19.4. The second-order valence-electron chi connectivity index (χ2n) is 8.34. The van der Waals surface area contributed by atoms with Gasteiger partial charge in [0.2, 0.25) is 5.91 Å². The van der Waals surface area contributed by atoms with Crippen molar-refractivity contribution in [2.75, 3.05) is 26.3 Å². The molecule has 1 aliphatic carbocycles. The second-order valence-corrected chi connectivity index (χ2v) is 8.34. The lowest BCUT2D eigenvalue weighted by Gasteiger charge is -2.39. The third-order valence-electron chi connectivity index (χ3n) is 6.64. The van der Waals surface area contributed by atoms with Gasteiger partial charge in [-0.3, -0.25) is 9.78 Å². The van der Waals surface area contributed by atoms with Gasteiger partial charge in [0.05, 0.1) is 24.7 Å². The Labute approximate surface area is 161 Å². The molecule has 2 aliphatic heterocycles. The largest absolute Gasteiger partial charge is 0.396 e. The summed E-state index contributed by atoms with van der Waals surface area (Å²) < 4.78 is 45.0. The molecule has 8 heteroatoms. The number of pyridine rings is 1. The SMILES string of the molecule is O=C(C1CC1C(CO)C(F)(F)F)N1CCC2(CC1)CC(c1cccnc1)CO2. The third-order valence-corrected chi connectivity index (χ3v) is 6.64. The highest BCUT2D eigenvalue weighted by Gasteiger charge is 2.57. The minimum Gasteiger partial charge on any atom is -0.396 e. The summed E-state index contributed by atoms with van der Waals surface area (Å²) in [6, 6.07) is 3.96. The third kappa shape index (κ3) is 3.76. The zero-order chi connectivity index (χ0) is 19.9. The first kappa shape index (κ1) is 19.6. The number of aromatic nitrogens is 1. The molecule has 4 rings (SSSR count). The molecule has 1 aromatic rings. The molecule has 3 aliphatic rings. The second kappa shape index (κ2) is 7.30. The molecule has 4 unspecified atom stereocenters. The van der Waals surface area contributed by atoms with Crippen molar-refractivity contribution in [1.29, 1.82) is 0 Å². The maximum Gasteiger partial charge on any atom is 0.394 e. The minimum atomic E-state index is -4.46. The lowest BCUT2D eigenvalue weighted by atomic mass is 9.83. The Kier molecular flexibility index (Phi) is 5.12. The van der Waals surface area contributed by atoms with Crippen molar-refractivity contribution >= 4 is 5.91 Å². The summed E-state index contributed by atoms with van der Waals surface area (Å²) in [6.45, 7) is 0.702. The van der Waals surface area contributed by atoms with Gasteiger partial charge in [0, 0.05) is 37.3 Å². The van der Waals surface area contributed by atoms with Crippen molar-refractivity contribution in [3.8, 4) is 0 Å². The van der Waals surface area contributed by atoms with Crippen LogP contribution in [-0.2, 0) is 9.53 Å². The van der Waals surface area contributed by atoms with E-state index in [0.717, 1.165) is 12.0 Å². The number of ether oxygens (including phenoxy) is 1. The summed E-state index contributed by atoms with van der Waals surface area (Å²) in [5.41, 5.74) is 0.903. The van der Waals surface area contributed by atoms with Crippen LogP contribution in [0.3, 0.4) is 0 Å². The summed E-state index contributed by atoms with van der Waals surface area (Å²) in [6.07, 6.45) is 1.64. The Bertz CT molecular complexity index is 704. The minimum absolute atomic E-state index is 0.204. The van der Waals surface area contributed by atoms with Crippen LogP contribution in [0.4, 0.5) is 13.2 Å². The predicted molar refractivity (Wildman–Crippen MR) is 94.3 cm³/mol. The van der Waals surface area contributed by atoms with E-state index >= 15 is 0 Å². The van der Waals surface area contributed by atoms with E-state index in [1.54, 1.807) is 11.1 Å². The number of aliphatic hydroxyl groups excluding tert-OH is 1. The van der Waals surface area contributed by atoms with Crippen molar-refractivity contribution in [2.45, 2.75) is 43.4 Å². The predicted octanol–water partition coefficient (Wildman–Crippen LogP) is 2.75. The number of aliphatic hydroxyl groups is 1. The van der Waals surface area contributed by atoms with Gasteiger partial charge in [-0.05, 0) is 43.2 Å².